The molecule has 1 unspecified atom stereocenters. The number of hydrogen-bond donors (Lipinski definition) is 2. The van der Waals surface area contributed by atoms with Crippen molar-refractivity contribution in [2.75, 3.05) is 6.61 Å². The van der Waals surface area contributed by atoms with E-state index in [1.165, 1.54) is 18.3 Å². The van der Waals surface area contributed by atoms with Gasteiger partial charge in [-0.25, -0.2) is 9.82 Å². The second-order valence-corrected chi connectivity index (χ2v) is 4.27. The predicted molar refractivity (Wildman–Crippen MR) is 73.4 cm³/mol. The van der Waals surface area contributed by atoms with Crippen molar-refractivity contribution in [3.63, 3.8) is 0 Å². The predicted octanol–water partition coefficient (Wildman–Crippen LogP) is 1.96. The van der Waals surface area contributed by atoms with E-state index in [9.17, 15) is 4.39 Å². The lowest BCUT2D eigenvalue weighted by Gasteiger charge is -2.16. The van der Waals surface area contributed by atoms with Crippen molar-refractivity contribution in [3.05, 3.63) is 53.9 Å². The molecule has 0 spiro atoms. The van der Waals surface area contributed by atoms with E-state index in [1.54, 1.807) is 18.5 Å². The van der Waals surface area contributed by atoms with E-state index in [-0.39, 0.29) is 5.69 Å². The first-order valence-electron chi connectivity index (χ1n) is 6.40. The van der Waals surface area contributed by atoms with Gasteiger partial charge in [0.1, 0.15) is 11.6 Å². The monoisotopic (exact) mass is 276 g/mol. The summed E-state index contributed by atoms with van der Waals surface area (Å²) >= 11 is 0. The molecule has 0 saturated heterocycles. The van der Waals surface area contributed by atoms with E-state index in [0.29, 0.717) is 17.9 Å². The van der Waals surface area contributed by atoms with Gasteiger partial charge < -0.3 is 4.74 Å². The Morgan fingerprint density at radius 2 is 2.30 bits per heavy atom. The number of halogens is 1. The van der Waals surface area contributed by atoms with Gasteiger partial charge in [-0.15, -0.1) is 0 Å². The fourth-order valence-corrected chi connectivity index (χ4v) is 1.84. The first-order chi connectivity index (χ1) is 9.76. The lowest BCUT2D eigenvalue weighted by atomic mass is 10.1. The van der Waals surface area contributed by atoms with Gasteiger partial charge in [-0.3, -0.25) is 15.8 Å². The third-order valence-electron chi connectivity index (χ3n) is 2.77. The second kappa shape index (κ2) is 6.93. The SMILES string of the molecule is CCCOc1cncc(C(NN)c2ncccc2F)c1. The molecular formula is C14H17FN4O. The quantitative estimate of drug-likeness (QED) is 0.623. The Bertz CT molecular complexity index is 564. The highest BCUT2D eigenvalue weighted by Crippen LogP contribution is 2.24. The van der Waals surface area contributed by atoms with Gasteiger partial charge >= 0.3 is 0 Å². The van der Waals surface area contributed by atoms with Gasteiger partial charge in [-0.2, -0.15) is 0 Å². The van der Waals surface area contributed by atoms with Gasteiger partial charge in [-0.1, -0.05) is 6.92 Å². The molecule has 0 radical (unpaired) electrons. The molecule has 0 fully saturated rings. The van der Waals surface area contributed by atoms with Crippen LogP contribution in [0.15, 0.2) is 36.8 Å². The zero-order valence-corrected chi connectivity index (χ0v) is 11.2. The molecule has 2 heterocycles. The zero-order chi connectivity index (χ0) is 14.4. The molecule has 0 saturated carbocycles. The molecule has 106 valence electrons. The van der Waals surface area contributed by atoms with Crippen LogP contribution in [0, 0.1) is 5.82 Å². The molecule has 2 aromatic rings. The van der Waals surface area contributed by atoms with E-state index in [2.05, 4.69) is 15.4 Å². The number of nitrogens with zero attached hydrogens (tertiary/aromatic N) is 2. The number of ether oxygens (including phenoxy) is 1. The molecule has 2 rings (SSSR count). The van der Waals surface area contributed by atoms with Crippen molar-refractivity contribution >= 4 is 0 Å². The summed E-state index contributed by atoms with van der Waals surface area (Å²) in [7, 11) is 0. The minimum absolute atomic E-state index is 0.226. The van der Waals surface area contributed by atoms with E-state index in [1.807, 2.05) is 6.92 Å². The Labute approximate surface area is 117 Å². The molecule has 0 amide bonds. The number of hydrogen-bond acceptors (Lipinski definition) is 5. The van der Waals surface area contributed by atoms with Gasteiger partial charge in [0.25, 0.3) is 0 Å². The molecule has 0 aliphatic carbocycles. The van der Waals surface area contributed by atoms with Gasteiger partial charge in [0, 0.05) is 12.4 Å². The molecule has 6 heteroatoms. The largest absolute Gasteiger partial charge is 0.492 e. The lowest BCUT2D eigenvalue weighted by Crippen LogP contribution is -2.30. The summed E-state index contributed by atoms with van der Waals surface area (Å²) in [5.41, 5.74) is 3.48. The number of nitrogens with one attached hydrogen (secondary N) is 1. The Morgan fingerprint density at radius 3 is 3.00 bits per heavy atom. The van der Waals surface area contributed by atoms with Crippen LogP contribution < -0.4 is 16.0 Å². The topological polar surface area (TPSA) is 73.1 Å². The summed E-state index contributed by atoms with van der Waals surface area (Å²) in [6, 6.07) is 4.08. The van der Waals surface area contributed by atoms with Crippen molar-refractivity contribution in [1.29, 1.82) is 0 Å². The van der Waals surface area contributed by atoms with Crippen LogP contribution in [0.3, 0.4) is 0 Å². The fraction of sp³-hybridized carbons (Fsp3) is 0.286. The number of aromatic nitrogens is 2. The number of rotatable bonds is 6. The maximum Gasteiger partial charge on any atom is 0.146 e. The van der Waals surface area contributed by atoms with Crippen LogP contribution in [-0.4, -0.2) is 16.6 Å². The van der Waals surface area contributed by atoms with Crippen molar-refractivity contribution < 1.29 is 9.13 Å². The summed E-state index contributed by atoms with van der Waals surface area (Å²) in [5, 5.41) is 0. The normalized spacial score (nSPS) is 12.2. The lowest BCUT2D eigenvalue weighted by molar-refractivity contribution is 0.315. The minimum atomic E-state index is -0.575. The van der Waals surface area contributed by atoms with Crippen LogP contribution >= 0.6 is 0 Å². The number of nitrogens with two attached hydrogens (primary N) is 1. The molecule has 5 nitrogen and oxygen atoms in total. The molecule has 2 aromatic heterocycles. The molecule has 0 aliphatic heterocycles. The van der Waals surface area contributed by atoms with Crippen LogP contribution in [0.1, 0.15) is 30.6 Å². The average Bonchev–Trinajstić information content (AvgIpc) is 2.48. The standard InChI is InChI=1S/C14H17FN4O/c1-2-6-20-11-7-10(8-17-9-11)13(19-16)14-12(15)4-3-5-18-14/h3-5,7-9,13,19H,2,6,16H2,1H3. The third kappa shape index (κ3) is 3.28. The minimum Gasteiger partial charge on any atom is -0.492 e. The molecule has 0 aromatic carbocycles. The van der Waals surface area contributed by atoms with Crippen molar-refractivity contribution in [2.24, 2.45) is 5.84 Å². The number of pyridine rings is 2. The molecule has 0 aliphatic rings. The second-order valence-electron chi connectivity index (χ2n) is 4.27. The van der Waals surface area contributed by atoms with Gasteiger partial charge in [0.05, 0.1) is 24.5 Å². The Hall–Kier alpha value is -2.05. The van der Waals surface area contributed by atoms with E-state index in [4.69, 9.17) is 10.6 Å². The molecule has 20 heavy (non-hydrogen) atoms. The van der Waals surface area contributed by atoms with E-state index < -0.39 is 11.9 Å². The number of hydrazine groups is 1. The van der Waals surface area contributed by atoms with Crippen molar-refractivity contribution in [3.8, 4) is 5.75 Å². The Kier molecular flexibility index (Phi) is 4.97. The molecule has 1 atom stereocenters. The summed E-state index contributed by atoms with van der Waals surface area (Å²) in [4.78, 5) is 8.12. The highest BCUT2D eigenvalue weighted by atomic mass is 19.1. The fourth-order valence-electron chi connectivity index (χ4n) is 1.84. The van der Waals surface area contributed by atoms with Gasteiger partial charge in [0.15, 0.2) is 0 Å². The summed E-state index contributed by atoms with van der Waals surface area (Å²) in [6.07, 6.45) is 5.64. The third-order valence-corrected chi connectivity index (χ3v) is 2.77. The van der Waals surface area contributed by atoms with Crippen LogP contribution in [0.2, 0.25) is 0 Å². The molecule has 3 N–H and O–H groups in total. The van der Waals surface area contributed by atoms with Crippen LogP contribution in [0.5, 0.6) is 5.75 Å². The van der Waals surface area contributed by atoms with Crippen LogP contribution in [0.4, 0.5) is 4.39 Å². The first kappa shape index (κ1) is 14.4. The maximum absolute atomic E-state index is 13.8. The average molecular weight is 276 g/mol. The highest BCUT2D eigenvalue weighted by Gasteiger charge is 2.18. The molecule has 0 bridgehead atoms. The molecular weight excluding hydrogens is 259 g/mol. The first-order valence-corrected chi connectivity index (χ1v) is 6.40. The van der Waals surface area contributed by atoms with Crippen LogP contribution in [0.25, 0.3) is 0 Å². The summed E-state index contributed by atoms with van der Waals surface area (Å²) < 4.78 is 19.3. The summed E-state index contributed by atoms with van der Waals surface area (Å²) in [6.45, 7) is 2.62. The summed E-state index contributed by atoms with van der Waals surface area (Å²) in [5.74, 6) is 5.74. The van der Waals surface area contributed by atoms with Gasteiger partial charge in [-0.05, 0) is 30.2 Å². The zero-order valence-electron chi connectivity index (χ0n) is 11.2. The van der Waals surface area contributed by atoms with Gasteiger partial charge in [0.2, 0.25) is 0 Å². The van der Waals surface area contributed by atoms with Crippen molar-refractivity contribution in [1.82, 2.24) is 15.4 Å². The van der Waals surface area contributed by atoms with E-state index >= 15 is 0 Å². The van der Waals surface area contributed by atoms with Crippen molar-refractivity contribution in [2.45, 2.75) is 19.4 Å². The van der Waals surface area contributed by atoms with Crippen LogP contribution in [-0.2, 0) is 0 Å². The maximum atomic E-state index is 13.8. The Morgan fingerprint density at radius 1 is 1.45 bits per heavy atom. The van der Waals surface area contributed by atoms with E-state index in [0.717, 1.165) is 6.42 Å². The Balaban J connectivity index is 2.30. The highest BCUT2D eigenvalue weighted by molar-refractivity contribution is 5.31. The smallest absolute Gasteiger partial charge is 0.146 e.